The van der Waals surface area contributed by atoms with Gasteiger partial charge in [-0.1, -0.05) is 0 Å². The Kier molecular flexibility index (Phi) is 1.71. The summed E-state index contributed by atoms with van der Waals surface area (Å²) in [6.45, 7) is 0.674. The molecule has 0 unspecified atom stereocenters. The molecule has 2 aromatic rings. The molecule has 0 radical (unpaired) electrons. The molecule has 0 saturated carbocycles. The molecule has 0 aromatic carbocycles. The molecule has 2 aromatic heterocycles. The lowest BCUT2D eigenvalue weighted by molar-refractivity contribution is 0.503. The van der Waals surface area contributed by atoms with E-state index >= 15 is 0 Å². The van der Waals surface area contributed by atoms with Gasteiger partial charge in [-0.25, -0.2) is 4.98 Å². The van der Waals surface area contributed by atoms with Crippen molar-refractivity contribution in [2.45, 2.75) is 25.8 Å². The van der Waals surface area contributed by atoms with Crippen molar-refractivity contribution in [3.05, 3.63) is 17.7 Å². The van der Waals surface area contributed by atoms with E-state index in [0.717, 1.165) is 25.1 Å². The maximum atomic E-state index is 13.4. The molecule has 0 N–H and O–H groups in total. The first kappa shape index (κ1) is 8.70. The van der Waals surface area contributed by atoms with Crippen molar-refractivity contribution in [1.82, 2.24) is 19.7 Å². The third kappa shape index (κ3) is 1.14. The normalized spacial score (nSPS) is 15.6. The summed E-state index contributed by atoms with van der Waals surface area (Å²) in [6, 6.07) is 0. The summed E-state index contributed by atoms with van der Waals surface area (Å²) < 4.78 is 28.3. The van der Waals surface area contributed by atoms with Crippen LogP contribution in [-0.4, -0.2) is 19.7 Å². The average molecular weight is 210 g/mol. The fraction of sp³-hybridized carbons (Fsp3) is 0.444. The maximum absolute atomic E-state index is 13.4. The Bertz CT molecular complexity index is 534. The van der Waals surface area contributed by atoms with Gasteiger partial charge in [0.25, 0.3) is 11.9 Å². The fourth-order valence-corrected chi connectivity index (χ4v) is 2.02. The Morgan fingerprint density at radius 1 is 1.07 bits per heavy atom. The minimum absolute atomic E-state index is 0.000556. The van der Waals surface area contributed by atoms with Crippen molar-refractivity contribution in [2.75, 3.05) is 0 Å². The van der Waals surface area contributed by atoms with E-state index in [0.29, 0.717) is 6.54 Å². The number of fused-ring (bicyclic) bond motifs is 3. The van der Waals surface area contributed by atoms with Crippen LogP contribution in [0.3, 0.4) is 0 Å². The minimum atomic E-state index is -0.798. The summed E-state index contributed by atoms with van der Waals surface area (Å²) in [5.41, 5.74) is 0.150. The molecule has 78 valence electrons. The molecule has 0 bridgehead atoms. The molecule has 0 spiro atoms. The lowest BCUT2D eigenvalue weighted by atomic mass is 10.2. The predicted molar refractivity (Wildman–Crippen MR) is 48.2 cm³/mol. The van der Waals surface area contributed by atoms with Gasteiger partial charge in [0.15, 0.2) is 5.52 Å². The number of halogens is 2. The molecule has 0 saturated heterocycles. The molecule has 4 nitrogen and oxygen atoms in total. The molecule has 0 fully saturated rings. The average Bonchev–Trinajstić information content (AvgIpc) is 2.64. The first-order valence-corrected chi connectivity index (χ1v) is 4.84. The smallest absolute Gasteiger partial charge is 0.261 e. The summed E-state index contributed by atoms with van der Waals surface area (Å²) in [5.74, 6) is -0.816. The Morgan fingerprint density at radius 3 is 2.73 bits per heavy atom. The highest BCUT2D eigenvalue weighted by Gasteiger charge is 2.21. The topological polar surface area (TPSA) is 43.6 Å². The van der Waals surface area contributed by atoms with Gasteiger partial charge in [-0.3, -0.25) is 0 Å². The molecule has 3 rings (SSSR count). The largest absolute Gasteiger partial charge is 0.324 e. The molecule has 0 atom stereocenters. The summed E-state index contributed by atoms with van der Waals surface area (Å²) in [6.07, 6.45) is 2.73. The van der Waals surface area contributed by atoms with Crippen molar-refractivity contribution >= 4 is 11.0 Å². The van der Waals surface area contributed by atoms with Crippen LogP contribution in [0.15, 0.2) is 0 Å². The van der Waals surface area contributed by atoms with E-state index < -0.39 is 11.9 Å². The van der Waals surface area contributed by atoms with Crippen LogP contribution in [0.25, 0.3) is 11.0 Å². The maximum Gasteiger partial charge on any atom is 0.261 e. The van der Waals surface area contributed by atoms with Crippen molar-refractivity contribution in [3.63, 3.8) is 0 Å². The minimum Gasteiger partial charge on any atom is -0.324 e. The third-order valence-corrected chi connectivity index (χ3v) is 2.70. The molecule has 0 amide bonds. The summed E-state index contributed by atoms with van der Waals surface area (Å²) in [7, 11) is 0. The molecular formula is C9H8F2N4. The Balaban J connectivity index is 2.41. The molecule has 1 aliphatic rings. The number of aromatic nitrogens is 4. The van der Waals surface area contributed by atoms with Gasteiger partial charge in [-0.15, -0.1) is 10.2 Å². The van der Waals surface area contributed by atoms with Gasteiger partial charge in [-0.2, -0.15) is 8.78 Å². The number of aryl methyl sites for hydroxylation is 2. The Hall–Kier alpha value is -1.59. The van der Waals surface area contributed by atoms with E-state index in [-0.39, 0.29) is 11.0 Å². The molecule has 3 heterocycles. The zero-order valence-corrected chi connectivity index (χ0v) is 7.87. The SMILES string of the molecule is Fc1nnc(F)c2c1nc1n2CCCC1. The van der Waals surface area contributed by atoms with Crippen LogP contribution < -0.4 is 0 Å². The second-order valence-corrected chi connectivity index (χ2v) is 3.62. The van der Waals surface area contributed by atoms with Gasteiger partial charge in [0.2, 0.25) is 0 Å². The molecule has 1 aliphatic heterocycles. The zero-order chi connectivity index (χ0) is 10.4. The molecule has 15 heavy (non-hydrogen) atoms. The van der Waals surface area contributed by atoms with Crippen LogP contribution in [0.4, 0.5) is 8.78 Å². The van der Waals surface area contributed by atoms with Gasteiger partial charge in [0.05, 0.1) is 0 Å². The second-order valence-electron chi connectivity index (χ2n) is 3.62. The Labute approximate surface area is 83.9 Å². The number of hydrogen-bond donors (Lipinski definition) is 0. The van der Waals surface area contributed by atoms with Crippen LogP contribution >= 0.6 is 0 Å². The van der Waals surface area contributed by atoms with Crippen LogP contribution in [0.2, 0.25) is 0 Å². The lowest BCUT2D eigenvalue weighted by Crippen LogP contribution is -2.11. The van der Waals surface area contributed by atoms with Gasteiger partial charge in [-0.05, 0) is 12.8 Å². The Morgan fingerprint density at radius 2 is 1.87 bits per heavy atom. The van der Waals surface area contributed by atoms with Crippen molar-refractivity contribution in [1.29, 1.82) is 0 Å². The molecular weight excluding hydrogens is 202 g/mol. The predicted octanol–water partition coefficient (Wildman–Crippen LogP) is 1.44. The van der Waals surface area contributed by atoms with E-state index in [1.165, 1.54) is 0 Å². The molecule has 6 heteroatoms. The standard InChI is InChI=1S/C9H8F2N4/c10-8-6-7(9(11)14-13-8)15-4-2-1-3-5(15)12-6/h1-4H2. The number of rotatable bonds is 0. The fourth-order valence-electron chi connectivity index (χ4n) is 2.02. The lowest BCUT2D eigenvalue weighted by Gasteiger charge is -2.13. The van der Waals surface area contributed by atoms with Crippen molar-refractivity contribution in [3.8, 4) is 0 Å². The van der Waals surface area contributed by atoms with Crippen LogP contribution in [0, 0.1) is 11.9 Å². The number of imidazole rings is 1. The second kappa shape index (κ2) is 2.95. The van der Waals surface area contributed by atoms with Gasteiger partial charge < -0.3 is 4.57 Å². The van der Waals surface area contributed by atoms with Gasteiger partial charge in [0.1, 0.15) is 11.3 Å². The van der Waals surface area contributed by atoms with Crippen LogP contribution in [-0.2, 0) is 13.0 Å². The summed E-state index contributed by atoms with van der Waals surface area (Å²) >= 11 is 0. The van der Waals surface area contributed by atoms with Crippen LogP contribution in [0.5, 0.6) is 0 Å². The highest BCUT2D eigenvalue weighted by molar-refractivity contribution is 5.75. The van der Waals surface area contributed by atoms with Crippen molar-refractivity contribution < 1.29 is 8.78 Å². The third-order valence-electron chi connectivity index (χ3n) is 2.70. The quantitative estimate of drug-likeness (QED) is 0.660. The van der Waals surface area contributed by atoms with E-state index in [9.17, 15) is 8.78 Å². The monoisotopic (exact) mass is 210 g/mol. The van der Waals surface area contributed by atoms with E-state index in [1.54, 1.807) is 4.57 Å². The van der Waals surface area contributed by atoms with Gasteiger partial charge >= 0.3 is 0 Å². The highest BCUT2D eigenvalue weighted by Crippen LogP contribution is 2.24. The van der Waals surface area contributed by atoms with E-state index in [1.807, 2.05) is 0 Å². The number of hydrogen-bond acceptors (Lipinski definition) is 3. The number of nitrogens with zero attached hydrogens (tertiary/aromatic N) is 4. The summed E-state index contributed by atoms with van der Waals surface area (Å²) in [5, 5.41) is 6.22. The first-order chi connectivity index (χ1) is 7.27. The summed E-state index contributed by atoms with van der Waals surface area (Å²) in [4.78, 5) is 4.06. The zero-order valence-electron chi connectivity index (χ0n) is 7.87. The van der Waals surface area contributed by atoms with Gasteiger partial charge in [0, 0.05) is 13.0 Å². The van der Waals surface area contributed by atoms with Crippen molar-refractivity contribution in [2.24, 2.45) is 0 Å². The molecule has 0 aliphatic carbocycles. The highest BCUT2D eigenvalue weighted by atomic mass is 19.1. The first-order valence-electron chi connectivity index (χ1n) is 4.84. The van der Waals surface area contributed by atoms with Crippen LogP contribution in [0.1, 0.15) is 18.7 Å². The van der Waals surface area contributed by atoms with E-state index in [4.69, 9.17) is 0 Å². The van der Waals surface area contributed by atoms with E-state index in [2.05, 4.69) is 15.2 Å².